The maximum Gasteiger partial charge on any atom is 0.446 e. The van der Waals surface area contributed by atoms with Crippen molar-refractivity contribution in [2.45, 2.75) is 6.54 Å². The molecule has 10 heteroatoms. The number of fused-ring (bicyclic) bond motifs is 3. The Kier molecular flexibility index (Phi) is 7.33. The minimum atomic E-state index is -3.47. The predicted molar refractivity (Wildman–Crippen MR) is 192 cm³/mol. The average molecular weight is 629 g/mol. The minimum Gasteiger partial charge on any atom is -0.373 e. The smallest absolute Gasteiger partial charge is 0.373 e. The molecule has 8 nitrogen and oxygen atoms in total. The summed E-state index contributed by atoms with van der Waals surface area (Å²) < 4.78 is 21.0. The molecular formula is C37H27BN6O2P. The van der Waals surface area contributed by atoms with E-state index in [-0.39, 0.29) is 0 Å². The van der Waals surface area contributed by atoms with E-state index in [4.69, 9.17) is 14.4 Å². The molecule has 0 saturated heterocycles. The van der Waals surface area contributed by atoms with Crippen molar-refractivity contribution in [1.29, 1.82) is 0 Å². The molecule has 0 aliphatic carbocycles. The predicted octanol–water partition coefficient (Wildman–Crippen LogP) is 7.08. The van der Waals surface area contributed by atoms with Gasteiger partial charge in [-0.3, -0.25) is 4.57 Å². The van der Waals surface area contributed by atoms with Crippen LogP contribution in [0.2, 0.25) is 0 Å². The monoisotopic (exact) mass is 629 g/mol. The molecule has 0 saturated carbocycles. The number of nitrogens with one attached hydrogen (secondary N) is 1. The van der Waals surface area contributed by atoms with Crippen LogP contribution in [0.25, 0.3) is 10.8 Å². The van der Waals surface area contributed by atoms with Gasteiger partial charge >= 0.3 is 7.62 Å². The number of benzene rings is 5. The Hall–Kier alpha value is -5.63. The Morgan fingerprint density at radius 3 is 1.91 bits per heavy atom. The molecule has 47 heavy (non-hydrogen) atoms. The van der Waals surface area contributed by atoms with Gasteiger partial charge in [-0.05, 0) is 36.5 Å². The molecule has 0 spiro atoms. The van der Waals surface area contributed by atoms with Crippen LogP contribution in [0.4, 0.5) is 11.6 Å². The van der Waals surface area contributed by atoms with Crippen LogP contribution in [-0.4, -0.2) is 41.6 Å². The topological polar surface area (TPSA) is 94.8 Å². The third kappa shape index (κ3) is 5.16. The summed E-state index contributed by atoms with van der Waals surface area (Å²) in [5.41, 5.74) is 3.84. The van der Waals surface area contributed by atoms with E-state index in [1.807, 2.05) is 132 Å². The molecule has 2 aliphatic rings. The Bertz CT molecular complexity index is 2260. The Morgan fingerprint density at radius 2 is 1.26 bits per heavy atom. The van der Waals surface area contributed by atoms with Gasteiger partial charge in [0.1, 0.15) is 17.5 Å². The molecule has 0 atom stereocenters. The number of H-pyrrole nitrogens is 1. The van der Waals surface area contributed by atoms with Crippen molar-refractivity contribution in [3.05, 3.63) is 156 Å². The summed E-state index contributed by atoms with van der Waals surface area (Å²) in [5.74, 6) is 3.04. The molecule has 6 aromatic rings. The number of nitrogens with zero attached hydrogens (tertiary/aromatic N) is 5. The molecule has 3 heterocycles. The molecule has 5 aromatic carbocycles. The fraction of sp³-hybridized carbons (Fsp3) is 0.0270. The second-order valence-corrected chi connectivity index (χ2v) is 13.4. The van der Waals surface area contributed by atoms with Gasteiger partial charge in [0.05, 0.1) is 0 Å². The normalized spacial score (nSPS) is 15.6. The molecule has 1 aromatic heterocycles. The van der Waals surface area contributed by atoms with Crippen molar-refractivity contribution >= 4 is 72.2 Å². The number of aromatic amines is 1. The van der Waals surface area contributed by atoms with Crippen LogP contribution >= 0.6 is 7.37 Å². The highest BCUT2D eigenvalue weighted by molar-refractivity contribution is 7.75. The van der Waals surface area contributed by atoms with Crippen molar-refractivity contribution in [3.63, 3.8) is 0 Å². The number of hydrogen-bond donors (Lipinski definition) is 1. The number of amidine groups is 3. The zero-order valence-corrected chi connectivity index (χ0v) is 26.1. The number of aromatic nitrogens is 1. The molecule has 2 aliphatic heterocycles. The van der Waals surface area contributed by atoms with E-state index in [1.165, 1.54) is 0 Å². The minimum absolute atomic E-state index is 0.509. The maximum absolute atomic E-state index is 14.6. The van der Waals surface area contributed by atoms with Gasteiger partial charge in [0.25, 0.3) is 0 Å². The van der Waals surface area contributed by atoms with E-state index < -0.39 is 7.37 Å². The molecule has 0 bridgehead atoms. The lowest BCUT2D eigenvalue weighted by Crippen LogP contribution is -2.32. The molecule has 1 N–H and O–H groups in total. The van der Waals surface area contributed by atoms with Crippen LogP contribution < -0.4 is 10.6 Å². The van der Waals surface area contributed by atoms with Crippen molar-refractivity contribution in [2.24, 2.45) is 20.0 Å². The van der Waals surface area contributed by atoms with E-state index in [0.29, 0.717) is 46.3 Å². The van der Waals surface area contributed by atoms with Crippen molar-refractivity contribution in [3.8, 4) is 0 Å². The van der Waals surface area contributed by atoms with Gasteiger partial charge in [-0.15, -0.1) is 0 Å². The lowest BCUT2D eigenvalue weighted by Gasteiger charge is -2.23. The van der Waals surface area contributed by atoms with Gasteiger partial charge in [0.15, 0.2) is 11.7 Å². The molecule has 1 radical (unpaired) electrons. The highest BCUT2D eigenvalue weighted by atomic mass is 31.2. The number of aliphatic imine (C=N–C) groups is 4. The number of hydrogen-bond acceptors (Lipinski definition) is 5. The van der Waals surface area contributed by atoms with E-state index in [2.05, 4.69) is 27.8 Å². The van der Waals surface area contributed by atoms with Crippen LogP contribution in [0.1, 0.15) is 22.3 Å². The molecular weight excluding hydrogens is 602 g/mol. The average Bonchev–Trinajstić information content (AvgIpc) is 3.79. The van der Waals surface area contributed by atoms with Crippen LogP contribution in [0.5, 0.6) is 0 Å². The molecule has 225 valence electrons. The summed E-state index contributed by atoms with van der Waals surface area (Å²) in [6.07, 6.45) is 0. The highest BCUT2D eigenvalue weighted by Gasteiger charge is 2.34. The summed E-state index contributed by atoms with van der Waals surface area (Å²) in [7, 11) is -1.91. The molecule has 0 unspecified atom stereocenters. The lowest BCUT2D eigenvalue weighted by atomic mass is 10.1. The fourth-order valence-electron chi connectivity index (χ4n) is 5.97. The highest BCUT2D eigenvalue weighted by Crippen LogP contribution is 2.45. The summed E-state index contributed by atoms with van der Waals surface area (Å²) in [4.78, 5) is 24.3. The summed E-state index contributed by atoms with van der Waals surface area (Å²) >= 11 is 0. The lowest BCUT2D eigenvalue weighted by molar-refractivity contribution is 0.484. The quantitative estimate of drug-likeness (QED) is 0.116. The third-order valence-corrected chi connectivity index (χ3v) is 10.6. The third-order valence-electron chi connectivity index (χ3n) is 8.27. The molecule has 8 rings (SSSR count). The summed E-state index contributed by atoms with van der Waals surface area (Å²) in [6.45, 7) is 4.20. The van der Waals surface area contributed by atoms with E-state index >= 15 is 0 Å². The van der Waals surface area contributed by atoms with Gasteiger partial charge in [-0.1, -0.05) is 109 Å². The first-order chi connectivity index (χ1) is 23.1. The largest absolute Gasteiger partial charge is 0.446 e. The van der Waals surface area contributed by atoms with Crippen LogP contribution in [0.15, 0.2) is 153 Å². The number of rotatable bonds is 7. The van der Waals surface area contributed by atoms with Gasteiger partial charge in [0.2, 0.25) is 7.37 Å². The van der Waals surface area contributed by atoms with Crippen LogP contribution in [0, 0.1) is 0 Å². The Balaban J connectivity index is 1.20. The van der Waals surface area contributed by atoms with Crippen LogP contribution in [-0.2, 0) is 15.6 Å². The first kappa shape index (κ1) is 28.8. The fourth-order valence-corrected chi connectivity index (χ4v) is 7.89. The second kappa shape index (κ2) is 12.0. The van der Waals surface area contributed by atoms with E-state index in [0.717, 1.165) is 33.0 Å². The maximum atomic E-state index is 14.6. The van der Waals surface area contributed by atoms with Gasteiger partial charge in [-0.2, -0.15) is 0 Å². The summed E-state index contributed by atoms with van der Waals surface area (Å²) in [6, 6.07) is 42.6. The van der Waals surface area contributed by atoms with Gasteiger partial charge in [0, 0.05) is 44.6 Å². The van der Waals surface area contributed by atoms with E-state index in [9.17, 15) is 4.57 Å². The molecule has 0 amide bonds. The second-order valence-electron chi connectivity index (χ2n) is 11.1. The first-order valence-corrected chi connectivity index (χ1v) is 16.8. The van der Waals surface area contributed by atoms with Gasteiger partial charge < -0.3 is 14.2 Å². The first-order valence-electron chi connectivity index (χ1n) is 15.1. The Labute approximate surface area is 272 Å². The molecule has 0 fully saturated rings. The standard InChI is InChI=1S/C37H27BN6O2P/c1-39-33-29-20-10-11-21-30(29)34(40-33)41-35-31-22-12-13-23-32(31)36(42-35)43-37-28-19-9-8-14-25(28)24-44(37)38-46-47(45,26-15-4-2-5-16-26)27-17-6-3-7-18-27/h2-23,42H,1,24H2. The zero-order chi connectivity index (χ0) is 31.8. The van der Waals surface area contributed by atoms with Crippen LogP contribution in [0.3, 0.4) is 0 Å². The summed E-state index contributed by atoms with van der Waals surface area (Å²) in [5, 5.41) is 3.04. The Morgan fingerprint density at radius 1 is 0.702 bits per heavy atom. The van der Waals surface area contributed by atoms with Crippen molar-refractivity contribution in [1.82, 2.24) is 9.79 Å². The van der Waals surface area contributed by atoms with Crippen molar-refractivity contribution < 1.29 is 9.01 Å². The SMILES string of the molecule is C=NC1=NC(=Nc2[nH]c(N=C3c4ccccc4CN3[B]OP(=O)(c3ccccc3)c3ccccc3)c3ccccc23)c2ccccc21. The van der Waals surface area contributed by atoms with Gasteiger partial charge in [-0.25, -0.2) is 20.0 Å². The van der Waals surface area contributed by atoms with E-state index in [1.54, 1.807) is 7.62 Å². The zero-order valence-electron chi connectivity index (χ0n) is 25.2. The van der Waals surface area contributed by atoms with Crippen molar-refractivity contribution in [2.75, 3.05) is 0 Å².